The van der Waals surface area contributed by atoms with Crippen LogP contribution in [0.5, 0.6) is 0 Å². The molecule has 0 aliphatic heterocycles. The maximum Gasteiger partial charge on any atom is 0.142 e. The maximum atomic E-state index is 12.8. The van der Waals surface area contributed by atoms with Crippen molar-refractivity contribution in [1.82, 2.24) is 4.98 Å². The van der Waals surface area contributed by atoms with Gasteiger partial charge >= 0.3 is 0 Å². The van der Waals surface area contributed by atoms with Crippen molar-refractivity contribution in [2.45, 2.75) is 38.1 Å². The van der Waals surface area contributed by atoms with E-state index >= 15 is 0 Å². The standard InChI is InChI=1S/C18H25N3OS/c1-6-8-12-19-23(5,22)17-13-16(21(3)4)18-14(7-2)10-9-11-15(18)20-17/h9-13H,5-8H2,1-4H3. The van der Waals surface area contributed by atoms with Crippen molar-refractivity contribution in [3.05, 3.63) is 29.8 Å². The topological polar surface area (TPSA) is 45.6 Å². The van der Waals surface area contributed by atoms with Crippen molar-refractivity contribution >= 4 is 38.4 Å². The van der Waals surface area contributed by atoms with Crippen LogP contribution < -0.4 is 4.90 Å². The first-order valence-corrected chi connectivity index (χ1v) is 9.60. The summed E-state index contributed by atoms with van der Waals surface area (Å²) in [7, 11) is 1.20. The minimum Gasteiger partial charge on any atom is -0.377 e. The Hall–Kier alpha value is -1.88. The van der Waals surface area contributed by atoms with Crippen LogP contribution in [0.25, 0.3) is 10.9 Å². The number of nitrogens with zero attached hydrogens (tertiary/aromatic N) is 3. The molecule has 0 N–H and O–H groups in total. The molecule has 0 saturated carbocycles. The third-order valence-electron chi connectivity index (χ3n) is 3.73. The zero-order valence-electron chi connectivity index (χ0n) is 14.4. The van der Waals surface area contributed by atoms with Crippen LogP contribution in [-0.4, -0.2) is 35.4 Å². The van der Waals surface area contributed by atoms with E-state index in [1.54, 1.807) is 6.21 Å². The van der Waals surface area contributed by atoms with Gasteiger partial charge < -0.3 is 4.90 Å². The largest absolute Gasteiger partial charge is 0.377 e. The predicted molar refractivity (Wildman–Crippen MR) is 102 cm³/mol. The molecule has 124 valence electrons. The van der Waals surface area contributed by atoms with E-state index in [4.69, 9.17) is 0 Å². The summed E-state index contributed by atoms with van der Waals surface area (Å²) in [4.78, 5) is 6.62. The Morgan fingerprint density at radius 3 is 2.70 bits per heavy atom. The first-order chi connectivity index (χ1) is 10.9. The van der Waals surface area contributed by atoms with Gasteiger partial charge in [-0.15, -0.1) is 0 Å². The molecule has 1 heterocycles. The van der Waals surface area contributed by atoms with Gasteiger partial charge in [0.25, 0.3) is 0 Å². The van der Waals surface area contributed by atoms with Gasteiger partial charge in [-0.05, 0) is 36.4 Å². The molecule has 1 unspecified atom stereocenters. The summed E-state index contributed by atoms with van der Waals surface area (Å²) < 4.78 is 17.0. The molecule has 2 rings (SSSR count). The summed E-state index contributed by atoms with van der Waals surface area (Å²) >= 11 is 0. The van der Waals surface area contributed by atoms with Crippen LogP contribution in [0.3, 0.4) is 0 Å². The number of hydrogen-bond acceptors (Lipinski definition) is 3. The molecule has 1 atom stereocenters. The van der Waals surface area contributed by atoms with Gasteiger partial charge in [0.05, 0.1) is 5.52 Å². The Bertz CT molecular complexity index is 824. The van der Waals surface area contributed by atoms with Crippen LogP contribution in [0.4, 0.5) is 5.69 Å². The molecular weight excluding hydrogens is 306 g/mol. The van der Waals surface area contributed by atoms with Crippen LogP contribution >= 0.6 is 0 Å². The second kappa shape index (κ2) is 7.13. The fourth-order valence-corrected chi connectivity index (χ4v) is 3.47. The van der Waals surface area contributed by atoms with Crippen LogP contribution in [0.2, 0.25) is 0 Å². The molecule has 1 aromatic carbocycles. The number of rotatable bonds is 6. The van der Waals surface area contributed by atoms with E-state index in [0.29, 0.717) is 5.03 Å². The lowest BCUT2D eigenvalue weighted by atomic mass is 10.0. The number of anilines is 1. The lowest BCUT2D eigenvalue weighted by Gasteiger charge is -2.19. The lowest BCUT2D eigenvalue weighted by molar-refractivity contribution is 0.680. The maximum absolute atomic E-state index is 12.8. The predicted octanol–water partition coefficient (Wildman–Crippen LogP) is 3.72. The first-order valence-electron chi connectivity index (χ1n) is 7.91. The quantitative estimate of drug-likeness (QED) is 0.598. The number of aromatic nitrogens is 1. The molecule has 0 fully saturated rings. The molecule has 0 saturated heterocycles. The Kier molecular flexibility index (Phi) is 5.42. The molecule has 4 nitrogen and oxygen atoms in total. The summed E-state index contributed by atoms with van der Waals surface area (Å²) in [6.45, 7) is 4.18. The lowest BCUT2D eigenvalue weighted by Crippen LogP contribution is -2.12. The van der Waals surface area contributed by atoms with E-state index in [2.05, 4.69) is 35.2 Å². The van der Waals surface area contributed by atoms with Crippen LogP contribution in [-0.2, 0) is 16.1 Å². The Balaban J connectivity index is 2.69. The molecule has 0 spiro atoms. The molecule has 0 aliphatic rings. The van der Waals surface area contributed by atoms with Gasteiger partial charge in [-0.1, -0.05) is 32.4 Å². The highest BCUT2D eigenvalue weighted by Crippen LogP contribution is 2.31. The first kappa shape index (κ1) is 17.5. The van der Waals surface area contributed by atoms with Crippen LogP contribution in [0, 0.1) is 0 Å². The zero-order chi connectivity index (χ0) is 17.0. The average Bonchev–Trinajstić information content (AvgIpc) is 2.53. The molecule has 23 heavy (non-hydrogen) atoms. The number of benzene rings is 1. The summed E-state index contributed by atoms with van der Waals surface area (Å²) in [5, 5.41) is 1.55. The third kappa shape index (κ3) is 3.72. The van der Waals surface area contributed by atoms with E-state index in [1.165, 1.54) is 5.56 Å². The minimum absolute atomic E-state index is 0.439. The molecule has 0 radical (unpaired) electrons. The highest BCUT2D eigenvalue weighted by molar-refractivity contribution is 7.99. The summed E-state index contributed by atoms with van der Waals surface area (Å²) in [5.74, 6) is 3.81. The van der Waals surface area contributed by atoms with Crippen molar-refractivity contribution in [2.75, 3.05) is 19.0 Å². The van der Waals surface area contributed by atoms with E-state index < -0.39 is 9.71 Å². The number of fused-ring (bicyclic) bond motifs is 1. The minimum atomic E-state index is -2.77. The molecule has 2 aromatic rings. The van der Waals surface area contributed by atoms with Gasteiger partial charge in [0.2, 0.25) is 0 Å². The second-order valence-electron chi connectivity index (χ2n) is 5.76. The number of hydrogen-bond donors (Lipinski definition) is 0. The summed E-state index contributed by atoms with van der Waals surface area (Å²) in [6.07, 6.45) is 4.38. The van der Waals surface area contributed by atoms with Gasteiger partial charge in [0.15, 0.2) is 0 Å². The van der Waals surface area contributed by atoms with E-state index in [9.17, 15) is 4.21 Å². The van der Waals surface area contributed by atoms with E-state index in [1.807, 2.05) is 37.2 Å². The van der Waals surface area contributed by atoms with Crippen molar-refractivity contribution < 1.29 is 4.21 Å². The summed E-state index contributed by atoms with van der Waals surface area (Å²) in [6, 6.07) is 7.91. The van der Waals surface area contributed by atoms with Gasteiger partial charge in [-0.3, -0.25) is 0 Å². The molecule has 0 aliphatic carbocycles. The molecule has 5 heteroatoms. The monoisotopic (exact) mass is 331 g/mol. The van der Waals surface area contributed by atoms with Crippen LogP contribution in [0.15, 0.2) is 33.7 Å². The van der Waals surface area contributed by atoms with Gasteiger partial charge in [0.1, 0.15) is 14.7 Å². The number of pyridine rings is 1. The highest BCUT2D eigenvalue weighted by Gasteiger charge is 2.15. The normalized spacial score (nSPS) is 14.3. The van der Waals surface area contributed by atoms with Crippen molar-refractivity contribution in [2.24, 2.45) is 4.40 Å². The number of unbranched alkanes of at least 4 members (excludes halogenated alkanes) is 1. The zero-order valence-corrected chi connectivity index (χ0v) is 15.2. The average molecular weight is 331 g/mol. The van der Waals surface area contributed by atoms with E-state index in [0.717, 1.165) is 35.9 Å². The second-order valence-corrected chi connectivity index (χ2v) is 7.67. The van der Waals surface area contributed by atoms with E-state index in [-0.39, 0.29) is 0 Å². The van der Waals surface area contributed by atoms with Crippen molar-refractivity contribution in [3.63, 3.8) is 0 Å². The fourth-order valence-electron chi connectivity index (χ4n) is 2.48. The Morgan fingerprint density at radius 1 is 1.35 bits per heavy atom. The van der Waals surface area contributed by atoms with Gasteiger partial charge in [-0.25, -0.2) is 13.6 Å². The molecule has 1 aromatic heterocycles. The molecule has 0 bridgehead atoms. The molecule has 0 amide bonds. The SMILES string of the molecule is C=S(=O)(N=CCCC)c1cc(N(C)C)c2c(CC)cccc2n1. The fraction of sp³-hybridized carbons (Fsp3) is 0.389. The molecular formula is C18H25N3OS. The van der Waals surface area contributed by atoms with Crippen molar-refractivity contribution in [3.8, 4) is 0 Å². The van der Waals surface area contributed by atoms with Crippen molar-refractivity contribution in [1.29, 1.82) is 0 Å². The Labute approximate surface area is 139 Å². The highest BCUT2D eigenvalue weighted by atomic mass is 32.2. The Morgan fingerprint density at radius 2 is 2.09 bits per heavy atom. The van der Waals surface area contributed by atoms with Crippen LogP contribution in [0.1, 0.15) is 32.3 Å². The summed E-state index contributed by atoms with van der Waals surface area (Å²) in [5.41, 5.74) is 3.08. The number of aryl methyl sites for hydroxylation is 1. The van der Waals surface area contributed by atoms with Gasteiger partial charge in [0, 0.05) is 31.4 Å². The smallest absolute Gasteiger partial charge is 0.142 e. The van der Waals surface area contributed by atoms with Gasteiger partial charge in [-0.2, -0.15) is 0 Å². The third-order valence-corrected chi connectivity index (χ3v) is 5.08.